The third-order valence-corrected chi connectivity index (χ3v) is 4.29. The Morgan fingerprint density at radius 1 is 1.18 bits per heavy atom. The Labute approximate surface area is 134 Å². The Morgan fingerprint density at radius 3 is 2.50 bits per heavy atom. The first kappa shape index (κ1) is 17.3. The molecule has 4 nitrogen and oxygen atoms in total. The summed E-state index contributed by atoms with van der Waals surface area (Å²) in [5.41, 5.74) is 2.39. The normalized spacial score (nSPS) is 18.6. The highest BCUT2D eigenvalue weighted by Crippen LogP contribution is 2.27. The van der Waals surface area contributed by atoms with Gasteiger partial charge in [-0.25, -0.2) is 0 Å². The summed E-state index contributed by atoms with van der Waals surface area (Å²) in [4.78, 5) is 4.63. The lowest BCUT2D eigenvalue weighted by atomic mass is 10.0. The zero-order valence-corrected chi connectivity index (χ0v) is 14.4. The quantitative estimate of drug-likeness (QED) is 0.873. The minimum atomic E-state index is -0.441. The van der Waals surface area contributed by atoms with Gasteiger partial charge in [-0.3, -0.25) is 4.90 Å². The van der Waals surface area contributed by atoms with Crippen LogP contribution in [0.2, 0.25) is 0 Å². The van der Waals surface area contributed by atoms with Crippen LogP contribution in [0, 0.1) is 6.92 Å². The van der Waals surface area contributed by atoms with E-state index in [4.69, 9.17) is 4.74 Å². The number of likely N-dealkylation sites (N-methyl/N-ethyl adjacent to an activating group) is 1. The molecule has 1 aromatic rings. The van der Waals surface area contributed by atoms with Crippen LogP contribution >= 0.6 is 0 Å². The smallest absolute Gasteiger partial charge is 0.123 e. The van der Waals surface area contributed by atoms with Crippen LogP contribution in [0.1, 0.15) is 30.9 Å². The van der Waals surface area contributed by atoms with Crippen molar-refractivity contribution in [3.05, 3.63) is 29.3 Å². The van der Waals surface area contributed by atoms with Crippen LogP contribution in [0.5, 0.6) is 5.75 Å². The predicted molar refractivity (Wildman–Crippen MR) is 90.7 cm³/mol. The van der Waals surface area contributed by atoms with E-state index in [0.717, 1.165) is 31.9 Å². The summed E-state index contributed by atoms with van der Waals surface area (Å²) in [6.45, 7) is 11.6. The molecule has 4 heteroatoms. The lowest BCUT2D eigenvalue weighted by Gasteiger charge is -2.33. The number of nitrogens with zero attached hydrogens (tertiary/aromatic N) is 2. The number of aryl methyl sites for hydroxylation is 1. The molecular weight excluding hydrogens is 276 g/mol. The lowest BCUT2D eigenvalue weighted by molar-refractivity contribution is 0.0501. The molecule has 1 aliphatic rings. The number of rotatable bonds is 6. The Morgan fingerprint density at radius 2 is 1.86 bits per heavy atom. The van der Waals surface area contributed by atoms with Crippen LogP contribution in [-0.4, -0.2) is 67.4 Å². The van der Waals surface area contributed by atoms with E-state index in [9.17, 15) is 5.11 Å². The molecule has 22 heavy (non-hydrogen) atoms. The molecule has 0 unspecified atom stereocenters. The van der Waals surface area contributed by atoms with Gasteiger partial charge in [0, 0.05) is 32.7 Å². The summed E-state index contributed by atoms with van der Waals surface area (Å²) in [5, 5.41) is 10.2. The largest absolute Gasteiger partial charge is 0.491 e. The molecule has 1 saturated heterocycles. The maximum Gasteiger partial charge on any atom is 0.123 e. The van der Waals surface area contributed by atoms with Crippen LogP contribution in [0.15, 0.2) is 18.2 Å². The summed E-state index contributed by atoms with van der Waals surface area (Å²) in [6, 6.07) is 6.31. The second-order valence-corrected chi connectivity index (χ2v) is 6.76. The maximum absolute atomic E-state index is 10.2. The Kier molecular flexibility index (Phi) is 6.24. The molecular formula is C18H30N2O2. The van der Waals surface area contributed by atoms with Gasteiger partial charge in [0.25, 0.3) is 0 Å². The van der Waals surface area contributed by atoms with E-state index in [1.807, 2.05) is 0 Å². The Balaban J connectivity index is 1.85. The van der Waals surface area contributed by atoms with Crippen LogP contribution in [0.4, 0.5) is 0 Å². The van der Waals surface area contributed by atoms with Gasteiger partial charge >= 0.3 is 0 Å². The minimum Gasteiger partial charge on any atom is -0.491 e. The van der Waals surface area contributed by atoms with E-state index in [1.165, 1.54) is 11.1 Å². The summed E-state index contributed by atoms with van der Waals surface area (Å²) in [6.07, 6.45) is -0.441. The average Bonchev–Trinajstić information content (AvgIpc) is 2.47. The molecule has 1 fully saturated rings. The molecule has 0 saturated carbocycles. The summed E-state index contributed by atoms with van der Waals surface area (Å²) < 4.78 is 5.92. The zero-order chi connectivity index (χ0) is 16.1. The first-order valence-electron chi connectivity index (χ1n) is 8.28. The molecule has 0 amide bonds. The van der Waals surface area contributed by atoms with Crippen molar-refractivity contribution in [1.29, 1.82) is 0 Å². The highest BCUT2D eigenvalue weighted by Gasteiger charge is 2.18. The molecule has 124 valence electrons. The zero-order valence-electron chi connectivity index (χ0n) is 14.4. The summed E-state index contributed by atoms with van der Waals surface area (Å²) >= 11 is 0. The van der Waals surface area contributed by atoms with Gasteiger partial charge in [0.2, 0.25) is 0 Å². The van der Waals surface area contributed by atoms with Crippen LogP contribution in [-0.2, 0) is 0 Å². The van der Waals surface area contributed by atoms with E-state index >= 15 is 0 Å². The number of piperazine rings is 1. The number of benzene rings is 1. The fraction of sp³-hybridized carbons (Fsp3) is 0.667. The molecule has 1 aromatic carbocycles. The summed E-state index contributed by atoms with van der Waals surface area (Å²) in [7, 11) is 2.14. The van der Waals surface area contributed by atoms with Gasteiger partial charge in [-0.2, -0.15) is 0 Å². The highest BCUT2D eigenvalue weighted by atomic mass is 16.5. The molecule has 1 heterocycles. The average molecular weight is 306 g/mol. The number of ether oxygens (including phenoxy) is 1. The van der Waals surface area contributed by atoms with Gasteiger partial charge in [-0.05, 0) is 37.1 Å². The van der Waals surface area contributed by atoms with Crippen molar-refractivity contribution in [2.75, 3.05) is 46.4 Å². The standard InChI is InChI=1S/C18H30N2O2/c1-14(2)17-6-5-15(3)11-18(17)22-13-16(21)12-20-9-7-19(4)8-10-20/h5-6,11,14,16,21H,7-10,12-13H2,1-4H3/t16-/m0/s1. The molecule has 2 rings (SSSR count). The Bertz CT molecular complexity index is 468. The molecule has 0 bridgehead atoms. The fourth-order valence-electron chi connectivity index (χ4n) is 2.81. The monoisotopic (exact) mass is 306 g/mol. The van der Waals surface area contributed by atoms with Gasteiger partial charge in [0.15, 0.2) is 0 Å². The van der Waals surface area contributed by atoms with Crippen molar-refractivity contribution in [1.82, 2.24) is 9.80 Å². The van der Waals surface area contributed by atoms with Gasteiger partial charge in [-0.1, -0.05) is 26.0 Å². The third kappa shape index (κ3) is 4.97. The van der Waals surface area contributed by atoms with E-state index in [1.54, 1.807) is 0 Å². The molecule has 1 atom stereocenters. The van der Waals surface area contributed by atoms with Crippen molar-refractivity contribution in [2.45, 2.75) is 32.8 Å². The van der Waals surface area contributed by atoms with Crippen LogP contribution in [0.3, 0.4) is 0 Å². The van der Waals surface area contributed by atoms with Crippen molar-refractivity contribution in [3.63, 3.8) is 0 Å². The number of aliphatic hydroxyl groups excluding tert-OH is 1. The van der Waals surface area contributed by atoms with E-state index in [2.05, 4.69) is 55.8 Å². The SMILES string of the molecule is Cc1ccc(C(C)C)c(OC[C@@H](O)CN2CCN(C)CC2)c1. The maximum atomic E-state index is 10.2. The first-order valence-corrected chi connectivity index (χ1v) is 8.28. The number of β-amino-alcohol motifs (C(OH)–C–C–N with tert-alkyl or cyclic N) is 1. The molecule has 0 spiro atoms. The van der Waals surface area contributed by atoms with Gasteiger partial charge in [-0.15, -0.1) is 0 Å². The third-order valence-electron chi connectivity index (χ3n) is 4.29. The molecule has 1 aliphatic heterocycles. The topological polar surface area (TPSA) is 35.9 Å². The van der Waals surface area contributed by atoms with Crippen LogP contribution in [0.25, 0.3) is 0 Å². The van der Waals surface area contributed by atoms with Crippen molar-refractivity contribution in [2.24, 2.45) is 0 Å². The van der Waals surface area contributed by atoms with E-state index < -0.39 is 6.10 Å². The van der Waals surface area contributed by atoms with E-state index in [0.29, 0.717) is 19.1 Å². The predicted octanol–water partition coefficient (Wildman–Crippen LogP) is 2.11. The van der Waals surface area contributed by atoms with Gasteiger partial charge < -0.3 is 14.7 Å². The molecule has 1 N–H and O–H groups in total. The number of aliphatic hydroxyl groups is 1. The lowest BCUT2D eigenvalue weighted by Crippen LogP contribution is -2.47. The molecule has 0 radical (unpaired) electrons. The van der Waals surface area contributed by atoms with Gasteiger partial charge in [0.05, 0.1) is 0 Å². The number of hydrogen-bond acceptors (Lipinski definition) is 4. The first-order chi connectivity index (χ1) is 10.5. The second-order valence-electron chi connectivity index (χ2n) is 6.76. The van der Waals surface area contributed by atoms with E-state index in [-0.39, 0.29) is 0 Å². The van der Waals surface area contributed by atoms with Crippen molar-refractivity contribution >= 4 is 0 Å². The fourth-order valence-corrected chi connectivity index (χ4v) is 2.81. The van der Waals surface area contributed by atoms with Crippen molar-refractivity contribution < 1.29 is 9.84 Å². The minimum absolute atomic E-state index is 0.357. The van der Waals surface area contributed by atoms with Gasteiger partial charge in [0.1, 0.15) is 18.5 Å². The number of hydrogen-bond donors (Lipinski definition) is 1. The highest BCUT2D eigenvalue weighted by molar-refractivity contribution is 5.39. The molecule has 0 aliphatic carbocycles. The summed E-state index contributed by atoms with van der Waals surface area (Å²) in [5.74, 6) is 1.33. The van der Waals surface area contributed by atoms with Crippen molar-refractivity contribution in [3.8, 4) is 5.75 Å². The van der Waals surface area contributed by atoms with Crippen LogP contribution < -0.4 is 4.74 Å². The molecule has 0 aromatic heterocycles. The second kappa shape index (κ2) is 7.95. The Hall–Kier alpha value is -1.10.